The first-order valence-corrected chi connectivity index (χ1v) is 7.62. The van der Waals surface area contributed by atoms with Gasteiger partial charge in [-0.2, -0.15) is 0 Å². The van der Waals surface area contributed by atoms with E-state index in [1.165, 1.54) is 12.1 Å². The number of para-hydroxylation sites is 1. The van der Waals surface area contributed by atoms with Crippen LogP contribution >= 0.6 is 0 Å². The zero-order chi connectivity index (χ0) is 18.2. The number of methoxy groups -OCH3 is 1. The lowest BCUT2D eigenvalue weighted by molar-refractivity contribution is -0.136. The predicted molar refractivity (Wildman–Crippen MR) is 93.3 cm³/mol. The number of amides is 3. The number of carbonyl (C=O) groups excluding carboxylic acids is 3. The summed E-state index contributed by atoms with van der Waals surface area (Å²) in [5, 5.41) is 4.92. The fourth-order valence-corrected chi connectivity index (χ4v) is 2.18. The molecule has 130 valence electrons. The number of nitrogens with one attached hydrogen (secondary N) is 2. The first kappa shape index (κ1) is 18.0. The number of hydrogen-bond donors (Lipinski definition) is 3. The molecular formula is C18H19N3O4. The van der Waals surface area contributed by atoms with Gasteiger partial charge in [-0.05, 0) is 36.2 Å². The van der Waals surface area contributed by atoms with Gasteiger partial charge in [0.1, 0.15) is 5.75 Å². The molecule has 2 aromatic carbocycles. The Morgan fingerprint density at radius 1 is 1.00 bits per heavy atom. The fourth-order valence-electron chi connectivity index (χ4n) is 2.18. The fraction of sp³-hybridized carbons (Fsp3) is 0.167. The minimum absolute atomic E-state index is 0.141. The first-order valence-electron chi connectivity index (χ1n) is 7.62. The molecule has 0 saturated heterocycles. The van der Waals surface area contributed by atoms with Gasteiger partial charge >= 0.3 is 11.8 Å². The molecule has 0 aromatic heterocycles. The van der Waals surface area contributed by atoms with Crippen molar-refractivity contribution >= 4 is 23.4 Å². The molecule has 4 N–H and O–H groups in total. The van der Waals surface area contributed by atoms with Crippen LogP contribution in [0.4, 0.5) is 5.69 Å². The van der Waals surface area contributed by atoms with Crippen molar-refractivity contribution in [1.82, 2.24) is 5.32 Å². The summed E-state index contributed by atoms with van der Waals surface area (Å²) in [5.74, 6) is -1.58. The number of primary amides is 1. The quantitative estimate of drug-likeness (QED) is 0.683. The van der Waals surface area contributed by atoms with E-state index in [-0.39, 0.29) is 11.3 Å². The van der Waals surface area contributed by atoms with Crippen LogP contribution in [-0.4, -0.2) is 31.4 Å². The summed E-state index contributed by atoms with van der Waals surface area (Å²) in [5.41, 5.74) is 6.57. The van der Waals surface area contributed by atoms with Crippen molar-refractivity contribution in [1.29, 1.82) is 0 Å². The maximum Gasteiger partial charge on any atom is 0.313 e. The van der Waals surface area contributed by atoms with Crippen LogP contribution in [0.5, 0.6) is 5.75 Å². The van der Waals surface area contributed by atoms with E-state index in [9.17, 15) is 14.4 Å². The third kappa shape index (κ3) is 5.07. The molecule has 25 heavy (non-hydrogen) atoms. The molecule has 7 nitrogen and oxygen atoms in total. The molecule has 0 unspecified atom stereocenters. The van der Waals surface area contributed by atoms with Gasteiger partial charge in [-0.15, -0.1) is 0 Å². The van der Waals surface area contributed by atoms with E-state index < -0.39 is 17.7 Å². The maximum atomic E-state index is 11.9. The van der Waals surface area contributed by atoms with E-state index in [1.54, 1.807) is 19.2 Å². The molecule has 0 aliphatic heterocycles. The van der Waals surface area contributed by atoms with Crippen LogP contribution < -0.4 is 21.1 Å². The zero-order valence-electron chi connectivity index (χ0n) is 13.7. The lowest BCUT2D eigenvalue weighted by Gasteiger charge is -2.09. The van der Waals surface area contributed by atoms with Crippen LogP contribution in [0.3, 0.4) is 0 Å². The Morgan fingerprint density at radius 2 is 1.68 bits per heavy atom. The van der Waals surface area contributed by atoms with Gasteiger partial charge in [0, 0.05) is 6.54 Å². The Hall–Kier alpha value is -3.35. The van der Waals surface area contributed by atoms with E-state index in [1.807, 2.05) is 24.3 Å². The third-order valence-corrected chi connectivity index (χ3v) is 3.51. The van der Waals surface area contributed by atoms with E-state index >= 15 is 0 Å². The van der Waals surface area contributed by atoms with Crippen LogP contribution in [0.25, 0.3) is 0 Å². The standard InChI is InChI=1S/C18H19N3O4/c1-25-13-8-6-12(7-9-13)10-11-20-17(23)18(24)21-15-5-3-2-4-14(15)16(19)22/h2-9H,10-11H2,1H3,(H2,19,22)(H,20,23)(H,21,24). The van der Waals surface area contributed by atoms with Crippen LogP contribution in [0, 0.1) is 0 Å². The molecule has 0 spiro atoms. The van der Waals surface area contributed by atoms with Crippen molar-refractivity contribution < 1.29 is 19.1 Å². The monoisotopic (exact) mass is 341 g/mol. The predicted octanol–water partition coefficient (Wildman–Crippen LogP) is 1.09. The number of ether oxygens (including phenoxy) is 1. The number of hydrogen-bond acceptors (Lipinski definition) is 4. The molecule has 2 rings (SSSR count). The summed E-state index contributed by atoms with van der Waals surface area (Å²) >= 11 is 0. The van der Waals surface area contributed by atoms with E-state index in [0.29, 0.717) is 13.0 Å². The molecule has 0 bridgehead atoms. The Labute approximate surface area is 145 Å². The van der Waals surface area contributed by atoms with Gasteiger partial charge in [-0.25, -0.2) is 0 Å². The normalized spacial score (nSPS) is 9.96. The average molecular weight is 341 g/mol. The number of rotatable bonds is 6. The second-order valence-electron chi connectivity index (χ2n) is 5.22. The van der Waals surface area contributed by atoms with Gasteiger partial charge in [0.05, 0.1) is 18.4 Å². The highest BCUT2D eigenvalue weighted by Gasteiger charge is 2.16. The molecular weight excluding hydrogens is 322 g/mol. The van der Waals surface area contributed by atoms with Crippen LogP contribution in [0.2, 0.25) is 0 Å². The highest BCUT2D eigenvalue weighted by molar-refractivity contribution is 6.40. The van der Waals surface area contributed by atoms with E-state index in [4.69, 9.17) is 10.5 Å². The molecule has 0 atom stereocenters. The summed E-state index contributed by atoms with van der Waals surface area (Å²) < 4.78 is 5.07. The Kier molecular flexibility index (Phi) is 6.11. The molecule has 0 saturated carbocycles. The Bertz CT molecular complexity index is 772. The molecule has 0 aliphatic rings. The second-order valence-corrected chi connectivity index (χ2v) is 5.22. The van der Waals surface area contributed by atoms with E-state index in [2.05, 4.69) is 10.6 Å². The Balaban J connectivity index is 1.86. The number of carbonyl (C=O) groups is 3. The number of nitrogens with two attached hydrogens (primary N) is 1. The molecule has 0 radical (unpaired) electrons. The molecule has 3 amide bonds. The smallest absolute Gasteiger partial charge is 0.313 e. The summed E-state index contributed by atoms with van der Waals surface area (Å²) in [6.45, 7) is 0.302. The topological polar surface area (TPSA) is 111 Å². The van der Waals surface area contributed by atoms with Gasteiger partial charge in [-0.1, -0.05) is 24.3 Å². The highest BCUT2D eigenvalue weighted by atomic mass is 16.5. The summed E-state index contributed by atoms with van der Waals surface area (Å²) in [6, 6.07) is 13.6. The zero-order valence-corrected chi connectivity index (χ0v) is 13.7. The summed E-state index contributed by atoms with van der Waals surface area (Å²) in [6.07, 6.45) is 0.570. The number of benzene rings is 2. The van der Waals surface area contributed by atoms with Crippen molar-refractivity contribution in [3.63, 3.8) is 0 Å². The lowest BCUT2D eigenvalue weighted by atomic mass is 10.1. The van der Waals surface area contributed by atoms with Gasteiger partial charge < -0.3 is 21.1 Å². The minimum Gasteiger partial charge on any atom is -0.497 e. The van der Waals surface area contributed by atoms with Gasteiger partial charge in [0.25, 0.3) is 5.91 Å². The largest absolute Gasteiger partial charge is 0.497 e. The highest BCUT2D eigenvalue weighted by Crippen LogP contribution is 2.14. The molecule has 0 fully saturated rings. The summed E-state index contributed by atoms with van der Waals surface area (Å²) in [4.78, 5) is 35.1. The maximum absolute atomic E-state index is 11.9. The third-order valence-electron chi connectivity index (χ3n) is 3.51. The van der Waals surface area contributed by atoms with Crippen molar-refractivity contribution in [3.05, 3.63) is 59.7 Å². The minimum atomic E-state index is -0.858. The van der Waals surface area contributed by atoms with Crippen LogP contribution in [-0.2, 0) is 16.0 Å². The molecule has 0 heterocycles. The average Bonchev–Trinajstić information content (AvgIpc) is 2.62. The van der Waals surface area contributed by atoms with E-state index in [0.717, 1.165) is 11.3 Å². The molecule has 2 aromatic rings. The summed E-state index contributed by atoms with van der Waals surface area (Å²) in [7, 11) is 1.59. The Morgan fingerprint density at radius 3 is 2.32 bits per heavy atom. The van der Waals surface area contributed by atoms with Gasteiger partial charge in [0.15, 0.2) is 0 Å². The van der Waals surface area contributed by atoms with Crippen molar-refractivity contribution in [2.24, 2.45) is 5.73 Å². The van der Waals surface area contributed by atoms with Crippen molar-refractivity contribution in [2.75, 3.05) is 19.0 Å². The van der Waals surface area contributed by atoms with Crippen molar-refractivity contribution in [3.8, 4) is 5.75 Å². The molecule has 0 aliphatic carbocycles. The van der Waals surface area contributed by atoms with Crippen LogP contribution in [0.1, 0.15) is 15.9 Å². The lowest BCUT2D eigenvalue weighted by Crippen LogP contribution is -2.36. The second kappa shape index (κ2) is 8.49. The van der Waals surface area contributed by atoms with Gasteiger partial charge in [-0.3, -0.25) is 14.4 Å². The van der Waals surface area contributed by atoms with Crippen LogP contribution in [0.15, 0.2) is 48.5 Å². The van der Waals surface area contributed by atoms with Crippen molar-refractivity contribution in [2.45, 2.75) is 6.42 Å². The SMILES string of the molecule is COc1ccc(CCNC(=O)C(=O)Nc2ccccc2C(N)=O)cc1. The first-order chi connectivity index (χ1) is 12.0. The number of anilines is 1. The molecule has 7 heteroatoms. The van der Waals surface area contributed by atoms with Gasteiger partial charge in [0.2, 0.25) is 0 Å².